The summed E-state index contributed by atoms with van der Waals surface area (Å²) < 4.78 is 20.5. The van der Waals surface area contributed by atoms with E-state index < -0.39 is 34.9 Å². The number of imide groups is 1. The van der Waals surface area contributed by atoms with Gasteiger partial charge in [0.1, 0.15) is 17.5 Å². The minimum Gasteiger partial charge on any atom is -0.443 e. The third kappa shape index (κ3) is 3.20. The number of anilines is 1. The molecule has 1 unspecified atom stereocenters. The average molecular weight is 402 g/mol. The summed E-state index contributed by atoms with van der Waals surface area (Å²) in [4.78, 5) is 40.9. The van der Waals surface area contributed by atoms with Gasteiger partial charge in [-0.25, -0.2) is 14.1 Å². The summed E-state index contributed by atoms with van der Waals surface area (Å²) in [6.45, 7) is 8.82. The monoisotopic (exact) mass is 402 g/mol. The highest BCUT2D eigenvalue weighted by molar-refractivity contribution is 6.13. The van der Waals surface area contributed by atoms with Gasteiger partial charge in [-0.15, -0.1) is 0 Å². The van der Waals surface area contributed by atoms with Crippen LogP contribution in [-0.2, 0) is 19.7 Å². The predicted molar refractivity (Wildman–Crippen MR) is 105 cm³/mol. The fraction of sp³-hybridized carbons (Fsp3) is 0.591. The molecular formula is C22H27FN2O4. The third-order valence-corrected chi connectivity index (χ3v) is 5.90. The zero-order chi connectivity index (χ0) is 21.3. The smallest absolute Gasteiger partial charge is 0.417 e. The van der Waals surface area contributed by atoms with Gasteiger partial charge in [-0.2, -0.15) is 0 Å². The van der Waals surface area contributed by atoms with Gasteiger partial charge in [-0.05, 0) is 77.0 Å². The summed E-state index contributed by atoms with van der Waals surface area (Å²) in [6.07, 6.45) is 1.58. The second kappa shape index (κ2) is 6.28. The van der Waals surface area contributed by atoms with E-state index >= 15 is 4.39 Å². The van der Waals surface area contributed by atoms with Crippen LogP contribution in [0.3, 0.4) is 0 Å². The fourth-order valence-corrected chi connectivity index (χ4v) is 4.21. The Morgan fingerprint density at radius 1 is 1.17 bits per heavy atom. The average Bonchev–Trinajstić information content (AvgIpc) is 3.34. The Kier molecular flexibility index (Phi) is 4.30. The largest absolute Gasteiger partial charge is 0.443 e. The van der Waals surface area contributed by atoms with Crippen molar-refractivity contribution in [2.24, 2.45) is 0 Å². The molecule has 2 aliphatic heterocycles. The topological polar surface area (TPSA) is 66.9 Å². The summed E-state index contributed by atoms with van der Waals surface area (Å²) in [7, 11) is 0. The van der Waals surface area contributed by atoms with E-state index in [1.165, 1.54) is 11.0 Å². The first-order chi connectivity index (χ1) is 13.4. The van der Waals surface area contributed by atoms with Crippen LogP contribution in [-0.4, -0.2) is 41.0 Å². The Morgan fingerprint density at radius 3 is 2.41 bits per heavy atom. The van der Waals surface area contributed by atoms with Gasteiger partial charge in [0.15, 0.2) is 0 Å². The Labute approximate surface area is 170 Å². The van der Waals surface area contributed by atoms with Gasteiger partial charge in [0.2, 0.25) is 5.91 Å². The molecule has 6 nitrogen and oxygen atoms in total. The van der Waals surface area contributed by atoms with Gasteiger partial charge >= 0.3 is 6.09 Å². The molecule has 2 heterocycles. The lowest BCUT2D eigenvalue weighted by Crippen LogP contribution is -2.48. The second-order valence-corrected chi connectivity index (χ2v) is 9.75. The Hall–Kier alpha value is -2.44. The second-order valence-electron chi connectivity index (χ2n) is 9.75. The number of likely N-dealkylation sites (tertiary alicyclic amines) is 1. The van der Waals surface area contributed by atoms with Crippen LogP contribution in [0.2, 0.25) is 0 Å². The number of fused-ring (bicyclic) bond motifs is 1. The molecule has 0 radical (unpaired) electrons. The molecule has 0 N–H and O–H groups in total. The number of hydrogen-bond acceptors (Lipinski definition) is 4. The van der Waals surface area contributed by atoms with Crippen molar-refractivity contribution in [2.75, 3.05) is 11.4 Å². The van der Waals surface area contributed by atoms with Crippen molar-refractivity contribution < 1.29 is 23.5 Å². The van der Waals surface area contributed by atoms with Crippen LogP contribution < -0.4 is 4.90 Å². The lowest BCUT2D eigenvalue weighted by molar-refractivity contribution is -0.131. The van der Waals surface area contributed by atoms with E-state index in [1.54, 1.807) is 34.6 Å². The number of carbonyl (C=O) groups excluding carboxylic acids is 3. The number of hydrogen-bond donors (Lipinski definition) is 0. The van der Waals surface area contributed by atoms with Crippen LogP contribution >= 0.6 is 0 Å². The minimum absolute atomic E-state index is 0.139. The molecule has 1 aliphatic carbocycles. The van der Waals surface area contributed by atoms with Crippen molar-refractivity contribution >= 4 is 23.6 Å². The first-order valence-corrected chi connectivity index (χ1v) is 10.1. The van der Waals surface area contributed by atoms with Crippen molar-refractivity contribution in [1.29, 1.82) is 0 Å². The highest BCUT2D eigenvalue weighted by Gasteiger charge is 2.53. The van der Waals surface area contributed by atoms with E-state index in [2.05, 4.69) is 0 Å². The van der Waals surface area contributed by atoms with Crippen molar-refractivity contribution in [3.8, 4) is 0 Å². The first-order valence-electron chi connectivity index (χ1n) is 10.1. The molecule has 0 spiro atoms. The molecular weight excluding hydrogens is 375 g/mol. The van der Waals surface area contributed by atoms with E-state index in [-0.39, 0.29) is 24.6 Å². The van der Waals surface area contributed by atoms with Crippen LogP contribution in [0.15, 0.2) is 12.1 Å². The first kappa shape index (κ1) is 19.9. The van der Waals surface area contributed by atoms with Crippen molar-refractivity contribution in [3.05, 3.63) is 29.1 Å². The maximum absolute atomic E-state index is 15.2. The standard InChI is InChI=1S/C22H27FN2O4/c1-21(2,3)29-20(28)24-9-8-16(18(24)26)25-17-14(22(4,5)19(25)27)10-13(11-15(17)23)12-6-7-12/h10-12,16H,6-9H2,1-5H3. The summed E-state index contributed by atoms with van der Waals surface area (Å²) in [5.74, 6) is -0.969. The van der Waals surface area contributed by atoms with Gasteiger partial charge in [0.05, 0.1) is 11.1 Å². The molecule has 1 aromatic carbocycles. The van der Waals surface area contributed by atoms with E-state index in [0.29, 0.717) is 11.5 Å². The maximum atomic E-state index is 15.2. The number of amides is 3. The van der Waals surface area contributed by atoms with Crippen LogP contribution in [0.4, 0.5) is 14.9 Å². The molecule has 156 valence electrons. The molecule has 7 heteroatoms. The highest BCUT2D eigenvalue weighted by atomic mass is 19.1. The lowest BCUT2D eigenvalue weighted by atomic mass is 9.85. The lowest BCUT2D eigenvalue weighted by Gasteiger charge is -2.27. The molecule has 3 aliphatic rings. The summed E-state index contributed by atoms with van der Waals surface area (Å²) >= 11 is 0. The fourth-order valence-electron chi connectivity index (χ4n) is 4.21. The number of benzene rings is 1. The molecule has 1 aromatic rings. The summed E-state index contributed by atoms with van der Waals surface area (Å²) in [5, 5.41) is 0. The maximum Gasteiger partial charge on any atom is 0.417 e. The van der Waals surface area contributed by atoms with Crippen molar-refractivity contribution in [2.45, 2.75) is 76.9 Å². The normalized spacial score (nSPS) is 23.6. The van der Waals surface area contributed by atoms with Crippen LogP contribution in [0, 0.1) is 5.82 Å². The third-order valence-electron chi connectivity index (χ3n) is 5.90. The van der Waals surface area contributed by atoms with E-state index in [4.69, 9.17) is 4.74 Å². The Morgan fingerprint density at radius 2 is 1.83 bits per heavy atom. The van der Waals surface area contributed by atoms with E-state index in [0.717, 1.165) is 23.3 Å². The number of ether oxygens (including phenoxy) is 1. The van der Waals surface area contributed by atoms with E-state index in [9.17, 15) is 14.4 Å². The number of carbonyl (C=O) groups is 3. The number of rotatable bonds is 2. The molecule has 2 fully saturated rings. The van der Waals surface area contributed by atoms with Crippen LogP contribution in [0.25, 0.3) is 0 Å². The molecule has 0 bridgehead atoms. The van der Waals surface area contributed by atoms with Gasteiger partial charge < -0.3 is 4.74 Å². The molecule has 1 saturated heterocycles. The Balaban J connectivity index is 1.68. The molecule has 1 atom stereocenters. The summed E-state index contributed by atoms with van der Waals surface area (Å²) in [6, 6.07) is 2.50. The quantitative estimate of drug-likeness (QED) is 0.753. The van der Waals surface area contributed by atoms with Crippen molar-refractivity contribution in [3.63, 3.8) is 0 Å². The Bertz CT molecular complexity index is 914. The summed E-state index contributed by atoms with van der Waals surface area (Å²) in [5.41, 5.74) is 0.0401. The molecule has 29 heavy (non-hydrogen) atoms. The minimum atomic E-state index is -0.930. The van der Waals surface area contributed by atoms with Crippen LogP contribution in [0.1, 0.15) is 70.9 Å². The highest BCUT2D eigenvalue weighted by Crippen LogP contribution is 2.49. The number of halogens is 1. The molecule has 1 saturated carbocycles. The van der Waals surface area contributed by atoms with Gasteiger partial charge in [-0.3, -0.25) is 14.5 Å². The predicted octanol–water partition coefficient (Wildman–Crippen LogP) is 3.86. The zero-order valence-corrected chi connectivity index (χ0v) is 17.5. The molecule has 0 aromatic heterocycles. The van der Waals surface area contributed by atoms with E-state index in [1.807, 2.05) is 6.07 Å². The molecule has 4 rings (SSSR count). The van der Waals surface area contributed by atoms with Crippen molar-refractivity contribution in [1.82, 2.24) is 4.90 Å². The molecule has 3 amide bonds. The zero-order valence-electron chi connectivity index (χ0n) is 17.5. The van der Waals surface area contributed by atoms with Gasteiger partial charge in [-0.1, -0.05) is 6.07 Å². The van der Waals surface area contributed by atoms with Gasteiger partial charge in [0.25, 0.3) is 5.91 Å². The van der Waals surface area contributed by atoms with Crippen LogP contribution in [0.5, 0.6) is 0 Å². The van der Waals surface area contributed by atoms with Gasteiger partial charge in [0, 0.05) is 6.54 Å². The SMILES string of the molecule is CC(C)(C)OC(=O)N1CCC(N2C(=O)C(C)(C)c3cc(C4CC4)cc(F)c32)C1=O. The number of nitrogens with zero attached hydrogens (tertiary/aromatic N) is 2.